The smallest absolute Gasteiger partial charge is 0.267 e. The lowest BCUT2D eigenvalue weighted by atomic mass is 9.98. The molecule has 0 aliphatic carbocycles. The Bertz CT molecular complexity index is 505. The Kier molecular flexibility index (Phi) is 6.62. The molecule has 21 heavy (non-hydrogen) atoms. The van der Waals surface area contributed by atoms with Crippen LogP contribution in [0.2, 0.25) is 0 Å². The van der Waals surface area contributed by atoms with Crippen LogP contribution in [0.15, 0.2) is 36.4 Å². The van der Waals surface area contributed by atoms with Crippen molar-refractivity contribution in [1.29, 1.82) is 0 Å². The lowest BCUT2D eigenvalue weighted by Crippen LogP contribution is -2.21. The van der Waals surface area contributed by atoms with Gasteiger partial charge in [0.25, 0.3) is 5.91 Å². The van der Waals surface area contributed by atoms with E-state index in [9.17, 15) is 9.59 Å². The van der Waals surface area contributed by atoms with Crippen molar-refractivity contribution in [3.8, 4) is 0 Å². The molecular weight excluding hydrogens is 268 g/mol. The van der Waals surface area contributed by atoms with Gasteiger partial charge in [-0.05, 0) is 38.1 Å². The van der Waals surface area contributed by atoms with Crippen molar-refractivity contribution in [2.45, 2.75) is 20.8 Å². The van der Waals surface area contributed by atoms with Gasteiger partial charge in [-0.25, -0.2) is 5.48 Å². The van der Waals surface area contributed by atoms with Gasteiger partial charge >= 0.3 is 0 Å². The summed E-state index contributed by atoms with van der Waals surface area (Å²) in [6.45, 7) is 7.71. The Morgan fingerprint density at radius 2 is 1.81 bits per heavy atom. The Balaban J connectivity index is 2.79. The highest BCUT2D eigenvalue weighted by Crippen LogP contribution is 2.17. The summed E-state index contributed by atoms with van der Waals surface area (Å²) in [5.74, 6) is -1.14. The molecule has 0 radical (unpaired) electrons. The Morgan fingerprint density at radius 1 is 1.24 bits per heavy atom. The Morgan fingerprint density at radius 3 is 2.29 bits per heavy atom. The number of nitrogens with zero attached hydrogens (tertiary/aromatic N) is 1. The van der Waals surface area contributed by atoms with Crippen molar-refractivity contribution in [3.05, 3.63) is 42.0 Å². The van der Waals surface area contributed by atoms with E-state index in [-0.39, 0.29) is 5.78 Å². The van der Waals surface area contributed by atoms with Crippen LogP contribution in [0.5, 0.6) is 0 Å². The Hall–Kier alpha value is -2.14. The molecule has 0 heterocycles. The number of hydrogen-bond donors (Lipinski definition) is 2. The lowest BCUT2D eigenvalue weighted by molar-refractivity contribution is -0.124. The van der Waals surface area contributed by atoms with Gasteiger partial charge in [0.15, 0.2) is 5.78 Å². The first-order chi connectivity index (χ1) is 10.0. The molecule has 5 nitrogen and oxygen atoms in total. The van der Waals surface area contributed by atoms with Crippen LogP contribution in [0.1, 0.15) is 31.1 Å². The number of allylic oxidation sites excluding steroid dienone is 1. The number of ketones is 1. The second-order valence-electron chi connectivity index (χ2n) is 4.71. The van der Waals surface area contributed by atoms with Gasteiger partial charge in [-0.1, -0.05) is 13.0 Å². The van der Waals surface area contributed by atoms with E-state index in [0.29, 0.717) is 5.56 Å². The second-order valence-corrected chi connectivity index (χ2v) is 4.71. The summed E-state index contributed by atoms with van der Waals surface area (Å²) >= 11 is 0. The highest BCUT2D eigenvalue weighted by molar-refractivity contribution is 5.99. The molecular formula is C16H22N2O3. The molecule has 1 rings (SSSR count). The van der Waals surface area contributed by atoms with Gasteiger partial charge in [0.1, 0.15) is 0 Å². The molecule has 5 heteroatoms. The molecule has 0 saturated heterocycles. The monoisotopic (exact) mass is 290 g/mol. The van der Waals surface area contributed by atoms with Crippen LogP contribution < -0.4 is 10.4 Å². The molecule has 0 aliphatic rings. The molecule has 0 saturated carbocycles. The molecule has 0 fully saturated rings. The van der Waals surface area contributed by atoms with Crippen LogP contribution in [0.25, 0.3) is 0 Å². The van der Waals surface area contributed by atoms with Crippen LogP contribution in [0.3, 0.4) is 0 Å². The van der Waals surface area contributed by atoms with E-state index in [1.165, 1.54) is 11.6 Å². The zero-order valence-corrected chi connectivity index (χ0v) is 12.7. The van der Waals surface area contributed by atoms with E-state index in [4.69, 9.17) is 5.21 Å². The third kappa shape index (κ3) is 4.72. The zero-order valence-electron chi connectivity index (χ0n) is 12.7. The number of hydroxylamine groups is 1. The number of carbonyl (C=O) groups is 2. The molecule has 1 atom stereocenters. The SMILES string of the molecule is CCN(CC)c1ccc(C(=O)C(C)/C=C/C(=O)NO)cc1. The van der Waals surface area contributed by atoms with Gasteiger partial charge in [0.05, 0.1) is 0 Å². The minimum atomic E-state index is -0.647. The minimum absolute atomic E-state index is 0.0666. The molecule has 1 unspecified atom stereocenters. The summed E-state index contributed by atoms with van der Waals surface area (Å²) in [5, 5.41) is 8.39. The first-order valence-corrected chi connectivity index (χ1v) is 7.04. The minimum Gasteiger partial charge on any atom is -0.372 e. The number of nitrogens with one attached hydrogen (secondary N) is 1. The van der Waals surface area contributed by atoms with Crippen molar-refractivity contribution in [1.82, 2.24) is 5.48 Å². The third-order valence-electron chi connectivity index (χ3n) is 3.34. The number of amides is 1. The summed E-state index contributed by atoms with van der Waals surface area (Å²) in [7, 11) is 0. The van der Waals surface area contributed by atoms with Gasteiger partial charge in [-0.3, -0.25) is 14.8 Å². The van der Waals surface area contributed by atoms with Gasteiger partial charge in [0, 0.05) is 36.3 Å². The van der Waals surface area contributed by atoms with E-state index in [1.54, 1.807) is 19.1 Å². The summed E-state index contributed by atoms with van der Waals surface area (Å²) in [5.41, 5.74) is 3.18. The molecule has 0 aromatic heterocycles. The van der Waals surface area contributed by atoms with Crippen LogP contribution in [0.4, 0.5) is 5.69 Å². The fraction of sp³-hybridized carbons (Fsp3) is 0.375. The lowest BCUT2D eigenvalue weighted by Gasteiger charge is -2.21. The first kappa shape index (κ1) is 16.9. The molecule has 0 spiro atoms. The first-order valence-electron chi connectivity index (χ1n) is 7.04. The topological polar surface area (TPSA) is 69.6 Å². The number of hydrogen-bond acceptors (Lipinski definition) is 4. The highest BCUT2D eigenvalue weighted by atomic mass is 16.5. The van der Waals surface area contributed by atoms with Crippen LogP contribution in [-0.4, -0.2) is 30.0 Å². The highest BCUT2D eigenvalue weighted by Gasteiger charge is 2.13. The Labute approximate surface area is 125 Å². The van der Waals surface area contributed by atoms with Crippen molar-refractivity contribution in [2.24, 2.45) is 5.92 Å². The molecule has 0 bridgehead atoms. The van der Waals surface area contributed by atoms with E-state index < -0.39 is 11.8 Å². The average Bonchev–Trinajstić information content (AvgIpc) is 2.53. The largest absolute Gasteiger partial charge is 0.372 e. The molecule has 1 amide bonds. The predicted molar refractivity (Wildman–Crippen MR) is 82.6 cm³/mol. The predicted octanol–water partition coefficient (Wildman–Crippen LogP) is 2.41. The molecule has 114 valence electrons. The van der Waals surface area contributed by atoms with Crippen molar-refractivity contribution < 1.29 is 14.8 Å². The number of rotatable bonds is 7. The number of benzene rings is 1. The van der Waals surface area contributed by atoms with Gasteiger partial charge in [-0.15, -0.1) is 0 Å². The second kappa shape index (κ2) is 8.21. The maximum atomic E-state index is 12.2. The normalized spacial score (nSPS) is 12.2. The number of anilines is 1. The number of carbonyl (C=O) groups excluding carboxylic acids is 2. The summed E-state index contributed by atoms with van der Waals surface area (Å²) in [6.07, 6.45) is 2.61. The molecule has 1 aromatic rings. The fourth-order valence-electron chi connectivity index (χ4n) is 2.04. The van der Waals surface area contributed by atoms with Crippen molar-refractivity contribution in [3.63, 3.8) is 0 Å². The quantitative estimate of drug-likeness (QED) is 0.350. The summed E-state index contributed by atoms with van der Waals surface area (Å²) in [4.78, 5) is 25.3. The van der Waals surface area contributed by atoms with E-state index in [0.717, 1.165) is 24.9 Å². The molecule has 1 aromatic carbocycles. The van der Waals surface area contributed by atoms with Crippen LogP contribution >= 0.6 is 0 Å². The van der Waals surface area contributed by atoms with Gasteiger partial charge < -0.3 is 4.90 Å². The maximum absolute atomic E-state index is 12.2. The van der Waals surface area contributed by atoms with Crippen LogP contribution in [0, 0.1) is 5.92 Å². The fourth-order valence-corrected chi connectivity index (χ4v) is 2.04. The van der Waals surface area contributed by atoms with Gasteiger partial charge in [0.2, 0.25) is 0 Å². The van der Waals surface area contributed by atoms with E-state index in [1.807, 2.05) is 12.1 Å². The van der Waals surface area contributed by atoms with Crippen molar-refractivity contribution >= 4 is 17.4 Å². The molecule has 0 aliphatic heterocycles. The number of Topliss-reactive ketones (excluding diaryl/α,β-unsaturated/α-hetero) is 1. The molecule has 2 N–H and O–H groups in total. The average molecular weight is 290 g/mol. The van der Waals surface area contributed by atoms with E-state index in [2.05, 4.69) is 18.7 Å². The standard InChI is InChI=1S/C16H22N2O3/c1-4-18(5-2)14-9-7-13(8-10-14)16(20)12(3)6-11-15(19)17-21/h6-12,21H,4-5H2,1-3H3,(H,17,19)/b11-6+. The van der Waals surface area contributed by atoms with Crippen LogP contribution in [-0.2, 0) is 4.79 Å². The van der Waals surface area contributed by atoms with E-state index >= 15 is 0 Å². The third-order valence-corrected chi connectivity index (χ3v) is 3.34. The zero-order chi connectivity index (χ0) is 15.8. The summed E-state index contributed by atoms with van der Waals surface area (Å²) < 4.78 is 0. The van der Waals surface area contributed by atoms with Gasteiger partial charge in [-0.2, -0.15) is 0 Å². The maximum Gasteiger partial charge on any atom is 0.267 e. The van der Waals surface area contributed by atoms with Crippen molar-refractivity contribution in [2.75, 3.05) is 18.0 Å². The summed E-state index contributed by atoms with van der Waals surface area (Å²) in [6, 6.07) is 7.45.